The highest BCUT2D eigenvalue weighted by Gasteiger charge is 2.35. The lowest BCUT2D eigenvalue weighted by molar-refractivity contribution is -0.138. The highest BCUT2D eigenvalue weighted by Crippen LogP contribution is 2.37. The average Bonchev–Trinajstić information content (AvgIpc) is 3.04. The molecule has 0 bridgehead atoms. The zero-order valence-electron chi connectivity index (χ0n) is 19.1. The topological polar surface area (TPSA) is 71.1 Å². The fraction of sp³-hybridized carbons (Fsp3) is 0.440. The molecule has 7 nitrogen and oxygen atoms in total. The summed E-state index contributed by atoms with van der Waals surface area (Å²) in [6.07, 6.45) is 0.797. The first-order valence-electron chi connectivity index (χ1n) is 11.3. The van der Waals surface area contributed by atoms with Gasteiger partial charge in [-0.25, -0.2) is 0 Å². The van der Waals surface area contributed by atoms with Gasteiger partial charge in [0.2, 0.25) is 11.8 Å². The molecule has 33 heavy (non-hydrogen) atoms. The summed E-state index contributed by atoms with van der Waals surface area (Å²) in [7, 11) is 0. The predicted octanol–water partition coefficient (Wildman–Crippen LogP) is 3.56. The van der Waals surface area contributed by atoms with Crippen LogP contribution in [0.5, 0.6) is 11.5 Å². The summed E-state index contributed by atoms with van der Waals surface area (Å²) in [4.78, 5) is 29.8. The lowest BCUT2D eigenvalue weighted by Crippen LogP contribution is -2.54. The molecule has 0 atom stereocenters. The van der Waals surface area contributed by atoms with Gasteiger partial charge in [-0.3, -0.25) is 14.5 Å². The molecule has 1 fully saturated rings. The number of hydrogen-bond acceptors (Lipinski definition) is 5. The van der Waals surface area contributed by atoms with E-state index in [2.05, 4.69) is 5.32 Å². The van der Waals surface area contributed by atoms with Gasteiger partial charge in [-0.15, -0.1) is 0 Å². The standard InChI is InChI=1S/C25H30ClN3O4/c1-25(2,18-7-4-3-5-8-18)24(31)29-11-9-28(10-12-29)17-23(30)27-20-16-22-21(15-19(20)26)32-13-6-14-33-22/h3-5,7-8,15-16H,6,9-14,17H2,1-2H3,(H,27,30). The minimum Gasteiger partial charge on any atom is -0.490 e. The number of fused-ring (bicyclic) bond motifs is 1. The highest BCUT2D eigenvalue weighted by atomic mass is 35.5. The van der Waals surface area contributed by atoms with E-state index >= 15 is 0 Å². The number of nitrogens with zero attached hydrogens (tertiary/aromatic N) is 2. The van der Waals surface area contributed by atoms with Crippen LogP contribution < -0.4 is 14.8 Å². The Labute approximate surface area is 199 Å². The van der Waals surface area contributed by atoms with Gasteiger partial charge >= 0.3 is 0 Å². The normalized spacial score (nSPS) is 16.8. The molecule has 176 valence electrons. The summed E-state index contributed by atoms with van der Waals surface area (Å²) in [5.41, 5.74) is 0.919. The van der Waals surface area contributed by atoms with Crippen LogP contribution in [0.15, 0.2) is 42.5 Å². The molecule has 8 heteroatoms. The molecule has 4 rings (SSSR count). The number of benzene rings is 2. The van der Waals surface area contributed by atoms with Crippen LogP contribution in [0.4, 0.5) is 5.69 Å². The van der Waals surface area contributed by atoms with Crippen molar-refractivity contribution in [1.29, 1.82) is 0 Å². The van der Waals surface area contributed by atoms with Gasteiger partial charge in [0.25, 0.3) is 0 Å². The van der Waals surface area contributed by atoms with E-state index in [0.717, 1.165) is 12.0 Å². The largest absolute Gasteiger partial charge is 0.490 e. The van der Waals surface area contributed by atoms with Crippen molar-refractivity contribution >= 4 is 29.1 Å². The number of carbonyl (C=O) groups excluding carboxylic acids is 2. The van der Waals surface area contributed by atoms with Crippen molar-refractivity contribution in [2.45, 2.75) is 25.7 Å². The zero-order valence-corrected chi connectivity index (χ0v) is 19.9. The SMILES string of the molecule is CC(C)(C(=O)N1CCN(CC(=O)Nc2cc3c(cc2Cl)OCCCO3)CC1)c1ccccc1. The fourth-order valence-electron chi connectivity index (χ4n) is 4.16. The third kappa shape index (κ3) is 5.42. The molecular weight excluding hydrogens is 442 g/mol. The van der Waals surface area contributed by atoms with Crippen LogP contribution in [-0.4, -0.2) is 67.6 Å². The molecule has 1 saturated heterocycles. The first-order valence-corrected chi connectivity index (χ1v) is 11.7. The van der Waals surface area contributed by atoms with E-state index in [1.165, 1.54) is 0 Å². The maximum Gasteiger partial charge on any atom is 0.238 e. The van der Waals surface area contributed by atoms with E-state index in [1.807, 2.05) is 54.0 Å². The molecule has 0 spiro atoms. The van der Waals surface area contributed by atoms with Crippen molar-refractivity contribution in [3.8, 4) is 11.5 Å². The molecule has 0 unspecified atom stereocenters. The van der Waals surface area contributed by atoms with E-state index in [0.29, 0.717) is 61.6 Å². The second kappa shape index (κ2) is 10.0. The number of ether oxygens (including phenoxy) is 2. The molecule has 0 aliphatic carbocycles. The Bertz CT molecular complexity index is 1000. The molecular formula is C25H30ClN3O4. The first kappa shape index (κ1) is 23.4. The molecule has 2 amide bonds. The van der Waals surface area contributed by atoms with Crippen LogP contribution in [-0.2, 0) is 15.0 Å². The van der Waals surface area contributed by atoms with E-state index in [9.17, 15) is 9.59 Å². The summed E-state index contributed by atoms with van der Waals surface area (Å²) in [5, 5.41) is 3.29. The average molecular weight is 472 g/mol. The minimum absolute atomic E-state index is 0.108. The number of halogens is 1. The molecule has 2 aliphatic heterocycles. The number of piperazine rings is 1. The lowest BCUT2D eigenvalue weighted by Gasteiger charge is -2.38. The van der Waals surface area contributed by atoms with Gasteiger partial charge in [0, 0.05) is 44.7 Å². The molecule has 0 aromatic heterocycles. The van der Waals surface area contributed by atoms with Crippen molar-refractivity contribution in [3.63, 3.8) is 0 Å². The van der Waals surface area contributed by atoms with Gasteiger partial charge in [-0.2, -0.15) is 0 Å². The minimum atomic E-state index is -0.589. The van der Waals surface area contributed by atoms with E-state index in [-0.39, 0.29) is 18.4 Å². The summed E-state index contributed by atoms with van der Waals surface area (Å²) in [6, 6.07) is 13.2. The Hall–Kier alpha value is -2.77. The quantitative estimate of drug-likeness (QED) is 0.722. The highest BCUT2D eigenvalue weighted by molar-refractivity contribution is 6.34. The number of nitrogens with one attached hydrogen (secondary N) is 1. The maximum absolute atomic E-state index is 13.2. The van der Waals surface area contributed by atoms with Crippen molar-refractivity contribution in [2.75, 3.05) is 51.3 Å². The number of amides is 2. The third-order valence-corrected chi connectivity index (χ3v) is 6.48. The zero-order chi connectivity index (χ0) is 23.4. The summed E-state index contributed by atoms with van der Waals surface area (Å²) in [6.45, 7) is 7.75. The van der Waals surface area contributed by atoms with Crippen molar-refractivity contribution in [3.05, 3.63) is 53.1 Å². The maximum atomic E-state index is 13.2. The Balaban J connectivity index is 1.31. The smallest absolute Gasteiger partial charge is 0.238 e. The van der Waals surface area contributed by atoms with Gasteiger partial charge in [0.1, 0.15) is 0 Å². The molecule has 1 N–H and O–H groups in total. The molecule has 2 aromatic rings. The second-order valence-corrected chi connectivity index (χ2v) is 9.34. The lowest BCUT2D eigenvalue weighted by atomic mass is 9.83. The van der Waals surface area contributed by atoms with E-state index in [4.69, 9.17) is 21.1 Å². The van der Waals surface area contributed by atoms with Crippen molar-refractivity contribution < 1.29 is 19.1 Å². The van der Waals surface area contributed by atoms with E-state index in [1.54, 1.807) is 12.1 Å². The van der Waals surface area contributed by atoms with Crippen LogP contribution in [0, 0.1) is 0 Å². The van der Waals surface area contributed by atoms with Crippen LogP contribution in [0.25, 0.3) is 0 Å². The molecule has 2 heterocycles. The molecule has 0 radical (unpaired) electrons. The Morgan fingerprint density at radius 2 is 1.64 bits per heavy atom. The first-order chi connectivity index (χ1) is 15.8. The Morgan fingerprint density at radius 1 is 1.00 bits per heavy atom. The van der Waals surface area contributed by atoms with Crippen LogP contribution in [0.3, 0.4) is 0 Å². The fourth-order valence-corrected chi connectivity index (χ4v) is 4.36. The monoisotopic (exact) mass is 471 g/mol. The predicted molar refractivity (Wildman–Crippen MR) is 128 cm³/mol. The number of hydrogen-bond donors (Lipinski definition) is 1. The number of anilines is 1. The van der Waals surface area contributed by atoms with Crippen LogP contribution in [0.2, 0.25) is 5.02 Å². The summed E-state index contributed by atoms with van der Waals surface area (Å²) < 4.78 is 11.3. The number of carbonyl (C=O) groups is 2. The van der Waals surface area contributed by atoms with Gasteiger partial charge in [-0.05, 0) is 19.4 Å². The third-order valence-electron chi connectivity index (χ3n) is 6.17. The van der Waals surface area contributed by atoms with E-state index < -0.39 is 5.41 Å². The van der Waals surface area contributed by atoms with Crippen LogP contribution >= 0.6 is 11.6 Å². The summed E-state index contributed by atoms with van der Waals surface area (Å²) >= 11 is 6.34. The Kier molecular flexibility index (Phi) is 7.10. The molecule has 2 aromatic carbocycles. The Morgan fingerprint density at radius 3 is 2.30 bits per heavy atom. The number of rotatable bonds is 5. The van der Waals surface area contributed by atoms with Gasteiger partial charge in [0.05, 0.1) is 35.9 Å². The van der Waals surface area contributed by atoms with Gasteiger partial charge in [-0.1, -0.05) is 41.9 Å². The van der Waals surface area contributed by atoms with Crippen molar-refractivity contribution in [2.24, 2.45) is 0 Å². The van der Waals surface area contributed by atoms with Gasteiger partial charge in [0.15, 0.2) is 11.5 Å². The van der Waals surface area contributed by atoms with Crippen LogP contribution in [0.1, 0.15) is 25.8 Å². The summed E-state index contributed by atoms with van der Waals surface area (Å²) in [5.74, 6) is 1.13. The van der Waals surface area contributed by atoms with Crippen molar-refractivity contribution in [1.82, 2.24) is 9.80 Å². The van der Waals surface area contributed by atoms with Gasteiger partial charge < -0.3 is 19.7 Å². The molecule has 0 saturated carbocycles. The second-order valence-electron chi connectivity index (χ2n) is 8.94. The molecule has 2 aliphatic rings.